The lowest BCUT2D eigenvalue weighted by Gasteiger charge is -2.37. The predicted octanol–water partition coefficient (Wildman–Crippen LogP) is 5.87. The molecule has 2 heterocycles. The van der Waals surface area contributed by atoms with Gasteiger partial charge in [-0.2, -0.15) is 0 Å². The summed E-state index contributed by atoms with van der Waals surface area (Å²) in [6.45, 7) is 2.92. The van der Waals surface area contributed by atoms with Gasteiger partial charge in [-0.15, -0.1) is 0 Å². The van der Waals surface area contributed by atoms with E-state index in [9.17, 15) is 18.8 Å². The van der Waals surface area contributed by atoms with Crippen molar-refractivity contribution in [1.82, 2.24) is 4.90 Å². The molecule has 3 fully saturated rings. The summed E-state index contributed by atoms with van der Waals surface area (Å²) in [7, 11) is 1.59. The quantitative estimate of drug-likeness (QED) is 0.190. The highest BCUT2D eigenvalue weighted by molar-refractivity contribution is 6.00. The van der Waals surface area contributed by atoms with Crippen LogP contribution in [0, 0.1) is 23.7 Å². The highest BCUT2D eigenvalue weighted by Crippen LogP contribution is 2.41. The van der Waals surface area contributed by atoms with E-state index in [1.54, 1.807) is 31.4 Å². The average Bonchev–Trinajstić information content (AvgIpc) is 3.73. The molecule has 0 radical (unpaired) electrons. The Morgan fingerprint density at radius 3 is 2.53 bits per heavy atom. The fraction of sp³-hybridized carbons (Fsp3) is 0.694. The number of fused-ring (bicyclic) bond motifs is 1. The zero-order valence-electron chi connectivity index (χ0n) is 27.9. The molecule has 0 spiro atoms. The van der Waals surface area contributed by atoms with Gasteiger partial charge in [0, 0.05) is 36.7 Å². The van der Waals surface area contributed by atoms with E-state index in [-0.39, 0.29) is 54.1 Å². The van der Waals surface area contributed by atoms with Crippen molar-refractivity contribution in [3.05, 3.63) is 30.0 Å². The standard InChI is InChI=1S/C36H52FN3O7/c1-23(45-19-18-44-2)22-46-36(43)32-21-27-20-28(12-13-31(27)47-32)39-34(41)33-29(24-6-4-3-5-7-24)15-17-40(33)35(42)26-10-8-25(9-11-26)30(38)14-16-37/h12-13,20-21,23-26,29-30,33H,3-11,14-19,22,38H2,1-2H3,(H,39,41)/t23-,25-,26-,29+,30-,33+/m1/s1. The molecule has 2 aliphatic carbocycles. The lowest BCUT2D eigenvalue weighted by Crippen LogP contribution is -2.50. The molecule has 1 aromatic carbocycles. The Morgan fingerprint density at radius 1 is 1.04 bits per heavy atom. The van der Waals surface area contributed by atoms with E-state index >= 15 is 0 Å². The Balaban J connectivity index is 1.25. The van der Waals surface area contributed by atoms with Crippen molar-refractivity contribution >= 4 is 34.4 Å². The SMILES string of the molecule is COCCO[C@H](C)COC(=O)c1cc2cc(NC(=O)[C@@H]3[C@H](C4CCCCC4)CCN3C(=O)[C@H]3CC[C@H]([C@H](N)CCF)CC3)ccc2o1. The number of halogens is 1. The molecule has 2 aromatic rings. The van der Waals surface area contributed by atoms with Crippen molar-refractivity contribution < 1.29 is 37.4 Å². The normalized spacial score (nSPS) is 25.1. The van der Waals surface area contributed by atoms with Gasteiger partial charge in [0.15, 0.2) is 0 Å². The zero-order valence-corrected chi connectivity index (χ0v) is 27.9. The number of ether oxygens (including phenoxy) is 3. The molecule has 3 aliphatic rings. The van der Waals surface area contributed by atoms with Gasteiger partial charge in [-0.05, 0) is 87.5 Å². The molecule has 2 saturated carbocycles. The topological polar surface area (TPSA) is 133 Å². The molecular formula is C36H52FN3O7. The van der Waals surface area contributed by atoms with Gasteiger partial charge in [0.2, 0.25) is 17.6 Å². The molecule has 1 aliphatic heterocycles. The van der Waals surface area contributed by atoms with E-state index in [0.29, 0.717) is 48.8 Å². The maximum atomic E-state index is 14.1. The van der Waals surface area contributed by atoms with Crippen LogP contribution in [0.25, 0.3) is 11.0 Å². The second-order valence-electron chi connectivity index (χ2n) is 13.7. The number of nitrogens with one attached hydrogen (secondary N) is 1. The Labute approximate surface area is 277 Å². The van der Waals surface area contributed by atoms with Crippen LogP contribution >= 0.6 is 0 Å². The van der Waals surface area contributed by atoms with Crippen molar-refractivity contribution in [3.63, 3.8) is 0 Å². The summed E-state index contributed by atoms with van der Waals surface area (Å²) in [6.07, 6.45) is 9.70. The molecule has 0 bridgehead atoms. The summed E-state index contributed by atoms with van der Waals surface area (Å²) in [4.78, 5) is 42.6. The van der Waals surface area contributed by atoms with Crippen LogP contribution in [0.3, 0.4) is 0 Å². The molecule has 1 aromatic heterocycles. The number of carbonyl (C=O) groups is 3. The number of nitrogens with zero attached hydrogens (tertiary/aromatic N) is 1. The Morgan fingerprint density at radius 2 is 1.81 bits per heavy atom. The number of carbonyl (C=O) groups excluding carboxylic acids is 3. The molecule has 260 valence electrons. The fourth-order valence-electron chi connectivity index (χ4n) is 7.93. The largest absolute Gasteiger partial charge is 0.457 e. The van der Waals surface area contributed by atoms with E-state index in [1.165, 1.54) is 6.42 Å². The van der Waals surface area contributed by atoms with Gasteiger partial charge in [-0.1, -0.05) is 32.1 Å². The number of hydrogen-bond donors (Lipinski definition) is 2. The van der Waals surface area contributed by atoms with Crippen LogP contribution in [0.1, 0.15) is 88.1 Å². The second-order valence-corrected chi connectivity index (χ2v) is 13.7. The molecule has 47 heavy (non-hydrogen) atoms. The number of anilines is 1. The first-order valence-corrected chi connectivity index (χ1v) is 17.5. The van der Waals surface area contributed by atoms with Crippen molar-refractivity contribution in [2.45, 2.75) is 95.7 Å². The van der Waals surface area contributed by atoms with Gasteiger partial charge in [0.05, 0.1) is 26.0 Å². The number of alkyl halides is 1. The van der Waals surface area contributed by atoms with Gasteiger partial charge in [0.1, 0.15) is 18.2 Å². The van der Waals surface area contributed by atoms with Crippen molar-refractivity contribution in [2.24, 2.45) is 29.4 Å². The highest BCUT2D eigenvalue weighted by Gasteiger charge is 2.47. The van der Waals surface area contributed by atoms with Crippen molar-refractivity contribution in [3.8, 4) is 0 Å². The summed E-state index contributed by atoms with van der Waals surface area (Å²) in [6, 6.07) is 6.17. The Kier molecular flexibility index (Phi) is 12.7. The minimum atomic E-state index is -0.595. The highest BCUT2D eigenvalue weighted by atomic mass is 19.1. The minimum Gasteiger partial charge on any atom is -0.457 e. The van der Waals surface area contributed by atoms with Crippen LogP contribution in [-0.2, 0) is 23.8 Å². The van der Waals surface area contributed by atoms with Crippen LogP contribution < -0.4 is 11.1 Å². The molecular weight excluding hydrogens is 605 g/mol. The average molecular weight is 658 g/mol. The molecule has 5 rings (SSSR count). The minimum absolute atomic E-state index is 0.0628. The number of amides is 2. The first-order chi connectivity index (χ1) is 22.8. The lowest BCUT2D eigenvalue weighted by molar-refractivity contribution is -0.142. The Bertz CT molecular complexity index is 1340. The maximum absolute atomic E-state index is 14.1. The van der Waals surface area contributed by atoms with E-state index in [4.69, 9.17) is 24.4 Å². The van der Waals surface area contributed by atoms with Crippen LogP contribution in [0.2, 0.25) is 0 Å². The van der Waals surface area contributed by atoms with Crippen LogP contribution in [0.5, 0.6) is 0 Å². The fourth-order valence-corrected chi connectivity index (χ4v) is 7.93. The molecule has 10 nitrogen and oxygen atoms in total. The third-order valence-electron chi connectivity index (χ3n) is 10.5. The first kappa shape index (κ1) is 35.3. The van der Waals surface area contributed by atoms with E-state index < -0.39 is 18.7 Å². The van der Waals surface area contributed by atoms with Gasteiger partial charge < -0.3 is 34.6 Å². The zero-order chi connectivity index (χ0) is 33.3. The van der Waals surface area contributed by atoms with Gasteiger partial charge >= 0.3 is 5.97 Å². The number of furan rings is 1. The second kappa shape index (κ2) is 16.9. The Hall–Kier alpha value is -3.02. The van der Waals surface area contributed by atoms with Gasteiger partial charge in [0.25, 0.3) is 0 Å². The molecule has 11 heteroatoms. The maximum Gasteiger partial charge on any atom is 0.374 e. The molecule has 4 atom stereocenters. The van der Waals surface area contributed by atoms with E-state index in [1.807, 2.05) is 11.8 Å². The van der Waals surface area contributed by atoms with Gasteiger partial charge in [-0.25, -0.2) is 4.79 Å². The number of nitrogens with two attached hydrogens (primary N) is 1. The van der Waals surface area contributed by atoms with Crippen LogP contribution in [0.15, 0.2) is 28.7 Å². The number of likely N-dealkylation sites (tertiary alicyclic amines) is 1. The molecule has 1 saturated heterocycles. The van der Waals surface area contributed by atoms with Crippen molar-refractivity contribution in [2.75, 3.05) is 45.5 Å². The number of benzene rings is 1. The smallest absolute Gasteiger partial charge is 0.374 e. The predicted molar refractivity (Wildman–Crippen MR) is 177 cm³/mol. The number of rotatable bonds is 14. The summed E-state index contributed by atoms with van der Waals surface area (Å²) in [5.41, 5.74) is 7.28. The van der Waals surface area contributed by atoms with Crippen LogP contribution in [-0.4, -0.2) is 81.0 Å². The first-order valence-electron chi connectivity index (χ1n) is 17.5. The van der Waals surface area contributed by atoms with Crippen molar-refractivity contribution in [1.29, 1.82) is 0 Å². The third-order valence-corrected chi connectivity index (χ3v) is 10.5. The summed E-state index contributed by atoms with van der Waals surface area (Å²) < 4.78 is 34.5. The summed E-state index contributed by atoms with van der Waals surface area (Å²) in [5, 5.41) is 3.76. The van der Waals surface area contributed by atoms with Crippen LogP contribution in [0.4, 0.5) is 10.1 Å². The summed E-state index contributed by atoms with van der Waals surface area (Å²) >= 11 is 0. The molecule has 3 N–H and O–H groups in total. The molecule has 2 amide bonds. The summed E-state index contributed by atoms with van der Waals surface area (Å²) in [5.74, 6) is 0.0118. The van der Waals surface area contributed by atoms with Gasteiger partial charge in [-0.3, -0.25) is 14.0 Å². The third kappa shape index (κ3) is 8.91. The van der Waals surface area contributed by atoms with E-state index in [0.717, 1.165) is 57.8 Å². The number of methoxy groups -OCH3 is 1. The molecule has 0 unspecified atom stereocenters. The number of esters is 1. The monoisotopic (exact) mass is 657 g/mol. The van der Waals surface area contributed by atoms with E-state index in [2.05, 4.69) is 5.32 Å². The lowest BCUT2D eigenvalue weighted by atomic mass is 9.76. The number of hydrogen-bond acceptors (Lipinski definition) is 8.